The number of hydrazone groups is 1. The second kappa shape index (κ2) is 11.0. The third kappa shape index (κ3) is 6.60. The molecule has 30 heavy (non-hydrogen) atoms. The second-order valence-electron chi connectivity index (χ2n) is 6.65. The van der Waals surface area contributed by atoms with Crippen LogP contribution in [-0.4, -0.2) is 17.9 Å². The van der Waals surface area contributed by atoms with E-state index in [0.717, 1.165) is 16.8 Å². The normalized spacial score (nSPS) is 10.6. The zero-order valence-electron chi connectivity index (χ0n) is 17.1. The van der Waals surface area contributed by atoms with E-state index in [1.807, 2.05) is 61.7 Å². The molecule has 0 amide bonds. The van der Waals surface area contributed by atoms with Crippen LogP contribution in [0, 0.1) is 6.92 Å². The maximum absolute atomic E-state index is 5.97. The molecule has 0 saturated heterocycles. The third-order valence-corrected chi connectivity index (χ3v) is 4.44. The fourth-order valence-corrected chi connectivity index (χ4v) is 2.89. The Morgan fingerprint density at radius 3 is 2.47 bits per heavy atom. The number of benzene rings is 3. The number of thiocarbonyl (C=S) groups is 1. The summed E-state index contributed by atoms with van der Waals surface area (Å²) < 4.78 is 11.7. The molecule has 0 saturated carbocycles. The van der Waals surface area contributed by atoms with Crippen LogP contribution in [0.3, 0.4) is 0 Å². The molecule has 0 aromatic heterocycles. The van der Waals surface area contributed by atoms with Crippen LogP contribution in [-0.2, 0) is 6.61 Å². The molecule has 0 heterocycles. The highest BCUT2D eigenvalue weighted by atomic mass is 32.1. The van der Waals surface area contributed by atoms with Crippen molar-refractivity contribution in [2.45, 2.75) is 20.5 Å². The average molecular weight is 421 g/mol. The number of anilines is 1. The van der Waals surface area contributed by atoms with E-state index in [1.165, 1.54) is 5.56 Å². The van der Waals surface area contributed by atoms with E-state index in [9.17, 15) is 0 Å². The molecule has 0 aliphatic carbocycles. The highest BCUT2D eigenvalue weighted by Crippen LogP contribution is 2.28. The summed E-state index contributed by atoms with van der Waals surface area (Å²) >= 11 is 5.28. The Balaban J connectivity index is 1.60. The van der Waals surface area contributed by atoms with Gasteiger partial charge in [-0.3, -0.25) is 0 Å². The van der Waals surface area contributed by atoms with E-state index >= 15 is 0 Å². The molecule has 3 aromatic rings. The number of hydrogen-bond acceptors (Lipinski definition) is 3. The smallest absolute Gasteiger partial charge is 0.228 e. The van der Waals surface area contributed by atoms with Crippen LogP contribution < -0.4 is 25.3 Å². The van der Waals surface area contributed by atoms with Crippen LogP contribution in [0.25, 0.3) is 0 Å². The van der Waals surface area contributed by atoms with Crippen LogP contribution in [0.4, 0.5) is 5.69 Å². The van der Waals surface area contributed by atoms with Crippen molar-refractivity contribution in [1.29, 1.82) is 0 Å². The summed E-state index contributed by atoms with van der Waals surface area (Å²) in [6, 6.07) is 23.8. The molecule has 0 fully saturated rings. The van der Waals surface area contributed by atoms with Gasteiger partial charge < -0.3 is 14.8 Å². The lowest BCUT2D eigenvalue weighted by Crippen LogP contribution is -2.82. The van der Waals surface area contributed by atoms with Crippen LogP contribution in [0.2, 0.25) is 0 Å². The van der Waals surface area contributed by atoms with Gasteiger partial charge >= 0.3 is 0 Å². The molecule has 5 nitrogen and oxygen atoms in total. The van der Waals surface area contributed by atoms with E-state index in [2.05, 4.69) is 47.0 Å². The molecule has 0 unspecified atom stereocenters. The Bertz CT molecular complexity index is 989. The largest absolute Gasteiger partial charge is 0.490 e. The molecule has 0 aliphatic rings. The summed E-state index contributed by atoms with van der Waals surface area (Å²) in [4.78, 5) is 0. The first-order valence-corrected chi connectivity index (χ1v) is 10.2. The summed E-state index contributed by atoms with van der Waals surface area (Å²) in [6.07, 6.45) is 1.81. The van der Waals surface area contributed by atoms with Gasteiger partial charge in [0.05, 0.1) is 6.61 Å². The number of hydrogen-bond donors (Lipinski definition) is 3. The number of aryl methyl sites for hydroxylation is 1. The van der Waals surface area contributed by atoms with Crippen molar-refractivity contribution in [2.24, 2.45) is 0 Å². The van der Waals surface area contributed by atoms with Crippen LogP contribution in [0.1, 0.15) is 23.6 Å². The van der Waals surface area contributed by atoms with Crippen LogP contribution >= 0.6 is 12.2 Å². The van der Waals surface area contributed by atoms with E-state index in [0.29, 0.717) is 29.8 Å². The molecule has 0 radical (unpaired) electrons. The average Bonchev–Trinajstić information content (AvgIpc) is 2.75. The Morgan fingerprint density at radius 1 is 0.967 bits per heavy atom. The van der Waals surface area contributed by atoms with Gasteiger partial charge in [0.2, 0.25) is 5.11 Å². The summed E-state index contributed by atoms with van der Waals surface area (Å²) in [7, 11) is 0. The Kier molecular flexibility index (Phi) is 7.80. The lowest BCUT2D eigenvalue weighted by molar-refractivity contribution is -0.499. The molecule has 6 heteroatoms. The van der Waals surface area contributed by atoms with Crippen LogP contribution in [0.5, 0.6) is 11.5 Å². The second-order valence-corrected chi connectivity index (χ2v) is 7.06. The summed E-state index contributed by atoms with van der Waals surface area (Å²) in [5.41, 5.74) is 7.13. The van der Waals surface area contributed by atoms with Crippen molar-refractivity contribution >= 4 is 29.2 Å². The van der Waals surface area contributed by atoms with Crippen molar-refractivity contribution < 1.29 is 14.6 Å². The molecule has 0 spiro atoms. The van der Waals surface area contributed by atoms with E-state index in [1.54, 1.807) is 0 Å². The minimum Gasteiger partial charge on any atom is -0.490 e. The highest BCUT2D eigenvalue weighted by molar-refractivity contribution is 7.80. The summed E-state index contributed by atoms with van der Waals surface area (Å²) in [6.45, 7) is 5.07. The van der Waals surface area contributed by atoms with Crippen molar-refractivity contribution in [3.05, 3.63) is 89.5 Å². The molecule has 3 N–H and O–H groups in total. The van der Waals surface area contributed by atoms with Crippen molar-refractivity contribution in [1.82, 2.24) is 5.43 Å². The van der Waals surface area contributed by atoms with Gasteiger partial charge in [0, 0.05) is 11.3 Å². The fraction of sp³-hybridized carbons (Fsp3) is 0.167. The molecule has 3 rings (SSSR count). The molecular formula is C24H26N3O2S+. The predicted molar refractivity (Wildman–Crippen MR) is 125 cm³/mol. The van der Waals surface area contributed by atoms with Crippen molar-refractivity contribution in [2.75, 3.05) is 11.9 Å². The van der Waals surface area contributed by atoms with Gasteiger partial charge in [-0.05, 0) is 62.0 Å². The van der Waals surface area contributed by atoms with Gasteiger partial charge in [-0.2, -0.15) is 0 Å². The first-order valence-electron chi connectivity index (χ1n) is 9.80. The SMILES string of the molecule is CCOc1cc(C=[NH+]NC(=S)Nc2ccccc2)ccc1OCc1ccc(C)cc1. The summed E-state index contributed by atoms with van der Waals surface area (Å²) in [5.74, 6) is 1.41. The van der Waals surface area contributed by atoms with Gasteiger partial charge in [0.15, 0.2) is 17.7 Å². The molecule has 154 valence electrons. The third-order valence-electron chi connectivity index (χ3n) is 4.24. The molecule has 0 aliphatic heterocycles. The molecular weight excluding hydrogens is 394 g/mol. The maximum Gasteiger partial charge on any atom is 0.228 e. The zero-order valence-corrected chi connectivity index (χ0v) is 18.0. The molecule has 0 bridgehead atoms. The van der Waals surface area contributed by atoms with Crippen molar-refractivity contribution in [3.8, 4) is 11.5 Å². The Morgan fingerprint density at radius 2 is 1.73 bits per heavy atom. The van der Waals surface area contributed by atoms with Gasteiger partial charge in [-0.25, -0.2) is 0 Å². The minimum atomic E-state index is 0.473. The Hall–Kier alpha value is -3.38. The highest BCUT2D eigenvalue weighted by Gasteiger charge is 2.08. The van der Waals surface area contributed by atoms with Gasteiger partial charge in [0.1, 0.15) is 6.61 Å². The Labute approximate surface area is 182 Å². The fourth-order valence-electron chi connectivity index (χ4n) is 2.72. The number of ether oxygens (including phenoxy) is 2. The minimum absolute atomic E-state index is 0.473. The van der Waals surface area contributed by atoms with E-state index in [4.69, 9.17) is 21.7 Å². The van der Waals surface area contributed by atoms with Gasteiger partial charge in [0.25, 0.3) is 0 Å². The number of para-hydroxylation sites is 1. The lowest BCUT2D eigenvalue weighted by atomic mass is 10.2. The van der Waals surface area contributed by atoms with Crippen molar-refractivity contribution in [3.63, 3.8) is 0 Å². The van der Waals surface area contributed by atoms with Crippen LogP contribution in [0.15, 0.2) is 72.8 Å². The first-order chi connectivity index (χ1) is 14.6. The maximum atomic E-state index is 5.97. The summed E-state index contributed by atoms with van der Waals surface area (Å²) in [5, 5.41) is 6.57. The number of hydrazine groups is 1. The number of rotatable bonds is 8. The first kappa shape index (κ1) is 21.3. The van der Waals surface area contributed by atoms with Gasteiger partial charge in [-0.1, -0.05) is 48.0 Å². The monoisotopic (exact) mass is 420 g/mol. The molecule has 0 atom stereocenters. The standard InChI is InChI=1S/C24H25N3O2S/c1-3-28-23-15-20(16-25-27-24(30)26-21-7-5-4-6-8-21)13-14-22(23)29-17-19-11-9-18(2)10-12-19/h4-16H,3,17H2,1-2H3,(H2,26,27,30)/p+1. The number of nitrogens with one attached hydrogen (secondary N) is 3. The van der Waals surface area contributed by atoms with E-state index in [-0.39, 0.29) is 0 Å². The topological polar surface area (TPSA) is 56.5 Å². The van der Waals surface area contributed by atoms with Gasteiger partial charge in [-0.15, -0.1) is 10.5 Å². The quantitative estimate of drug-likeness (QED) is 0.296. The van der Waals surface area contributed by atoms with E-state index < -0.39 is 0 Å². The lowest BCUT2D eigenvalue weighted by Gasteiger charge is -2.12. The molecule has 3 aromatic carbocycles. The predicted octanol–water partition coefficient (Wildman–Crippen LogP) is 3.37. The zero-order chi connectivity index (χ0) is 21.2.